The van der Waals surface area contributed by atoms with E-state index in [4.69, 9.17) is 21.1 Å². The topological polar surface area (TPSA) is 133 Å². The Bertz CT molecular complexity index is 445. The maximum absolute atomic E-state index is 11.9. The summed E-state index contributed by atoms with van der Waals surface area (Å²) in [5.41, 5.74) is 4.05. The van der Waals surface area contributed by atoms with Gasteiger partial charge in [0.05, 0.1) is 19.8 Å². The van der Waals surface area contributed by atoms with Crippen molar-refractivity contribution in [2.24, 2.45) is 5.73 Å². The zero-order valence-electron chi connectivity index (χ0n) is 10.2. The Balaban J connectivity index is 2.86. The number of aliphatic hydroxyl groups is 3. The Kier molecular flexibility index (Phi) is 4.99. The number of hydrogen-bond acceptors (Lipinski definition) is 5. The molecule has 0 radical (unpaired) electrons. The van der Waals surface area contributed by atoms with E-state index in [1.54, 1.807) is 0 Å². The second kappa shape index (κ2) is 6.28. The van der Waals surface area contributed by atoms with Crippen molar-refractivity contribution in [2.45, 2.75) is 5.54 Å². The first kappa shape index (κ1) is 15.1. The van der Waals surface area contributed by atoms with Crippen LogP contribution in [0.25, 0.3) is 0 Å². The Hall–Kier alpha value is -1.96. The van der Waals surface area contributed by atoms with Crippen LogP contribution in [0.3, 0.4) is 0 Å². The fraction of sp³-hybridized carbons (Fsp3) is 0.333. The molecule has 0 saturated carbocycles. The molecule has 0 bridgehead atoms. The van der Waals surface area contributed by atoms with Crippen LogP contribution in [0.1, 0.15) is 20.7 Å². The summed E-state index contributed by atoms with van der Waals surface area (Å²) in [4.78, 5) is 22.7. The van der Waals surface area contributed by atoms with Crippen LogP contribution in [-0.4, -0.2) is 52.5 Å². The van der Waals surface area contributed by atoms with Gasteiger partial charge in [-0.3, -0.25) is 9.59 Å². The van der Waals surface area contributed by atoms with Gasteiger partial charge in [0, 0.05) is 11.1 Å². The molecule has 6 N–H and O–H groups in total. The van der Waals surface area contributed by atoms with Crippen molar-refractivity contribution < 1.29 is 24.9 Å². The monoisotopic (exact) mass is 268 g/mol. The van der Waals surface area contributed by atoms with Gasteiger partial charge >= 0.3 is 0 Å². The van der Waals surface area contributed by atoms with Crippen LogP contribution in [0.4, 0.5) is 0 Å². The molecule has 0 aromatic heterocycles. The highest BCUT2D eigenvalue weighted by atomic mass is 16.3. The lowest BCUT2D eigenvalue weighted by Gasteiger charge is -2.28. The summed E-state index contributed by atoms with van der Waals surface area (Å²) in [6.45, 7) is -1.82. The molecule has 0 aliphatic rings. The Morgan fingerprint density at radius 1 is 1.00 bits per heavy atom. The van der Waals surface area contributed by atoms with E-state index in [9.17, 15) is 9.59 Å². The third kappa shape index (κ3) is 3.50. The number of carbonyl (C=O) groups excluding carboxylic acids is 2. The molecule has 0 saturated heterocycles. The average molecular weight is 268 g/mol. The largest absolute Gasteiger partial charge is 0.394 e. The van der Waals surface area contributed by atoms with Crippen LogP contribution in [0.15, 0.2) is 24.3 Å². The molecular weight excluding hydrogens is 252 g/mol. The highest BCUT2D eigenvalue weighted by Gasteiger charge is 2.30. The fourth-order valence-electron chi connectivity index (χ4n) is 1.37. The number of carbonyl (C=O) groups is 2. The molecular formula is C12H16N2O5. The zero-order valence-corrected chi connectivity index (χ0v) is 10.2. The van der Waals surface area contributed by atoms with Crippen molar-refractivity contribution in [1.29, 1.82) is 0 Å². The minimum absolute atomic E-state index is 0.213. The van der Waals surface area contributed by atoms with E-state index in [2.05, 4.69) is 5.32 Å². The minimum atomic E-state index is -1.49. The Morgan fingerprint density at radius 2 is 1.42 bits per heavy atom. The van der Waals surface area contributed by atoms with Gasteiger partial charge in [0.15, 0.2) is 0 Å². The molecule has 19 heavy (non-hydrogen) atoms. The van der Waals surface area contributed by atoms with Gasteiger partial charge in [0.25, 0.3) is 5.91 Å². The SMILES string of the molecule is NC(=O)c1ccc(C(=O)NC(CO)(CO)CO)cc1. The van der Waals surface area contributed by atoms with Crippen LogP contribution in [-0.2, 0) is 0 Å². The van der Waals surface area contributed by atoms with Crippen LogP contribution >= 0.6 is 0 Å². The summed E-state index contributed by atoms with van der Waals surface area (Å²) >= 11 is 0. The lowest BCUT2D eigenvalue weighted by Crippen LogP contribution is -2.57. The molecule has 104 valence electrons. The van der Waals surface area contributed by atoms with E-state index in [-0.39, 0.29) is 11.1 Å². The molecule has 0 atom stereocenters. The van der Waals surface area contributed by atoms with Crippen molar-refractivity contribution in [3.8, 4) is 0 Å². The number of hydrogen-bond donors (Lipinski definition) is 5. The quantitative estimate of drug-likeness (QED) is 0.416. The van der Waals surface area contributed by atoms with E-state index in [0.29, 0.717) is 0 Å². The van der Waals surface area contributed by atoms with Gasteiger partial charge in [-0.25, -0.2) is 0 Å². The summed E-state index contributed by atoms with van der Waals surface area (Å²) in [5.74, 6) is -1.20. The van der Waals surface area contributed by atoms with Crippen molar-refractivity contribution in [3.05, 3.63) is 35.4 Å². The Labute approximate surface area is 109 Å². The predicted octanol–water partition coefficient (Wildman–Crippen LogP) is -1.77. The van der Waals surface area contributed by atoms with E-state index < -0.39 is 37.2 Å². The molecule has 0 unspecified atom stereocenters. The third-order valence-corrected chi connectivity index (χ3v) is 2.72. The number of nitrogens with one attached hydrogen (secondary N) is 1. The maximum Gasteiger partial charge on any atom is 0.251 e. The van der Waals surface area contributed by atoms with Gasteiger partial charge in [-0.2, -0.15) is 0 Å². The number of amides is 2. The lowest BCUT2D eigenvalue weighted by atomic mass is 10.0. The van der Waals surface area contributed by atoms with Gasteiger partial charge < -0.3 is 26.4 Å². The van der Waals surface area contributed by atoms with Gasteiger partial charge in [-0.05, 0) is 24.3 Å². The summed E-state index contributed by atoms with van der Waals surface area (Å²) < 4.78 is 0. The number of rotatable bonds is 6. The molecule has 1 aromatic carbocycles. The van der Waals surface area contributed by atoms with E-state index >= 15 is 0 Å². The lowest BCUT2D eigenvalue weighted by molar-refractivity contribution is 0.0375. The highest BCUT2D eigenvalue weighted by molar-refractivity contribution is 5.97. The molecule has 7 heteroatoms. The first-order valence-electron chi connectivity index (χ1n) is 5.53. The standard InChI is InChI=1S/C12H16N2O5/c13-10(18)8-1-3-9(4-2-8)11(19)14-12(5-15,6-16)7-17/h1-4,15-17H,5-7H2,(H2,13,18)(H,14,19). The van der Waals surface area contributed by atoms with Gasteiger partial charge in [0.2, 0.25) is 5.91 Å². The summed E-state index contributed by atoms with van der Waals surface area (Å²) in [5, 5.41) is 29.6. The summed E-state index contributed by atoms with van der Waals surface area (Å²) in [7, 11) is 0. The Morgan fingerprint density at radius 3 is 1.79 bits per heavy atom. The average Bonchev–Trinajstić information content (AvgIpc) is 2.45. The molecule has 0 aliphatic heterocycles. The normalized spacial score (nSPS) is 11.1. The van der Waals surface area contributed by atoms with Crippen LogP contribution in [0.5, 0.6) is 0 Å². The second-order valence-electron chi connectivity index (χ2n) is 4.15. The minimum Gasteiger partial charge on any atom is -0.394 e. The second-order valence-corrected chi connectivity index (χ2v) is 4.15. The van der Waals surface area contributed by atoms with Crippen molar-refractivity contribution in [1.82, 2.24) is 5.32 Å². The molecule has 0 aliphatic carbocycles. The molecule has 2 amide bonds. The number of nitrogens with two attached hydrogens (primary N) is 1. The van der Waals surface area contributed by atoms with Gasteiger partial charge in [0.1, 0.15) is 5.54 Å². The number of aliphatic hydroxyl groups excluding tert-OH is 3. The van der Waals surface area contributed by atoms with E-state index in [1.807, 2.05) is 0 Å². The van der Waals surface area contributed by atoms with Crippen molar-refractivity contribution >= 4 is 11.8 Å². The number of primary amides is 1. The van der Waals surface area contributed by atoms with Crippen molar-refractivity contribution in [2.75, 3.05) is 19.8 Å². The molecule has 0 fully saturated rings. The molecule has 1 aromatic rings. The van der Waals surface area contributed by atoms with Crippen LogP contribution in [0, 0.1) is 0 Å². The van der Waals surface area contributed by atoms with Gasteiger partial charge in [-0.1, -0.05) is 0 Å². The first-order chi connectivity index (χ1) is 8.98. The van der Waals surface area contributed by atoms with E-state index in [1.165, 1.54) is 24.3 Å². The highest BCUT2D eigenvalue weighted by Crippen LogP contribution is 2.07. The number of benzene rings is 1. The molecule has 0 spiro atoms. The molecule has 0 heterocycles. The van der Waals surface area contributed by atoms with Crippen LogP contribution < -0.4 is 11.1 Å². The molecule has 1 rings (SSSR count). The summed E-state index contributed by atoms with van der Waals surface area (Å²) in [6, 6.07) is 5.53. The smallest absolute Gasteiger partial charge is 0.251 e. The summed E-state index contributed by atoms with van der Waals surface area (Å²) in [6.07, 6.45) is 0. The first-order valence-corrected chi connectivity index (χ1v) is 5.53. The maximum atomic E-state index is 11.9. The van der Waals surface area contributed by atoms with E-state index in [0.717, 1.165) is 0 Å². The molecule has 7 nitrogen and oxygen atoms in total. The zero-order chi connectivity index (χ0) is 14.5. The van der Waals surface area contributed by atoms with Crippen LogP contribution in [0.2, 0.25) is 0 Å². The van der Waals surface area contributed by atoms with Gasteiger partial charge in [-0.15, -0.1) is 0 Å². The fourth-order valence-corrected chi connectivity index (χ4v) is 1.37. The third-order valence-electron chi connectivity index (χ3n) is 2.72. The predicted molar refractivity (Wildman–Crippen MR) is 66.4 cm³/mol. The van der Waals surface area contributed by atoms with Crippen molar-refractivity contribution in [3.63, 3.8) is 0 Å².